The smallest absolute Gasteiger partial charge is 0.411 e. The van der Waals surface area contributed by atoms with Crippen molar-refractivity contribution in [3.63, 3.8) is 0 Å². The third kappa shape index (κ3) is 4.25. The van der Waals surface area contributed by atoms with Crippen molar-refractivity contribution in [2.45, 2.75) is 45.3 Å². The number of hydrogen-bond donors (Lipinski definition) is 1. The first-order chi connectivity index (χ1) is 11.2. The molecule has 1 aliphatic rings. The molecule has 0 saturated carbocycles. The zero-order valence-electron chi connectivity index (χ0n) is 14.2. The lowest BCUT2D eigenvalue weighted by atomic mass is 9.94. The van der Waals surface area contributed by atoms with Crippen molar-refractivity contribution in [1.82, 2.24) is 4.90 Å². The molecule has 1 saturated heterocycles. The number of hydrogen-bond acceptors (Lipinski definition) is 4. The summed E-state index contributed by atoms with van der Waals surface area (Å²) in [5, 5.41) is 18.6. The fraction of sp³-hybridized carbons (Fsp3) is 0.500. The van der Waals surface area contributed by atoms with E-state index in [2.05, 4.69) is 6.07 Å². The van der Waals surface area contributed by atoms with Crippen LogP contribution in [0.4, 0.5) is 4.79 Å². The Kier molecular flexibility index (Phi) is 5.13. The van der Waals surface area contributed by atoms with Crippen molar-refractivity contribution < 1.29 is 19.4 Å². The number of carbonyl (C=O) groups is 2. The van der Waals surface area contributed by atoms with Gasteiger partial charge in [-0.1, -0.05) is 18.2 Å². The van der Waals surface area contributed by atoms with E-state index in [1.165, 1.54) is 4.90 Å². The Hall–Kier alpha value is -2.55. The summed E-state index contributed by atoms with van der Waals surface area (Å²) < 4.78 is 5.32. The summed E-state index contributed by atoms with van der Waals surface area (Å²) >= 11 is 0. The maximum absolute atomic E-state index is 12.3. The summed E-state index contributed by atoms with van der Waals surface area (Å²) in [6, 6.07) is 8.51. The van der Waals surface area contributed by atoms with Gasteiger partial charge in [-0.3, -0.25) is 4.90 Å². The third-order valence-corrected chi connectivity index (χ3v) is 3.95. The third-order valence-electron chi connectivity index (χ3n) is 3.95. The topological polar surface area (TPSA) is 90.6 Å². The van der Waals surface area contributed by atoms with E-state index in [0.717, 1.165) is 5.56 Å². The van der Waals surface area contributed by atoms with Gasteiger partial charge in [0.2, 0.25) is 0 Å². The predicted octanol–water partition coefficient (Wildman–Crippen LogP) is 2.81. The molecule has 1 unspecified atom stereocenters. The monoisotopic (exact) mass is 330 g/mol. The van der Waals surface area contributed by atoms with Crippen molar-refractivity contribution in [3.8, 4) is 6.07 Å². The Balaban J connectivity index is 2.14. The molecular weight excluding hydrogens is 308 g/mol. The molecule has 128 valence electrons. The van der Waals surface area contributed by atoms with Gasteiger partial charge >= 0.3 is 12.1 Å². The number of benzene rings is 1. The van der Waals surface area contributed by atoms with Gasteiger partial charge in [0, 0.05) is 6.54 Å². The quantitative estimate of drug-likeness (QED) is 0.920. The predicted molar refractivity (Wildman–Crippen MR) is 87.3 cm³/mol. The van der Waals surface area contributed by atoms with Crippen molar-refractivity contribution in [3.05, 3.63) is 35.4 Å². The van der Waals surface area contributed by atoms with Gasteiger partial charge in [0.25, 0.3) is 0 Å². The highest BCUT2D eigenvalue weighted by Gasteiger charge is 2.41. The molecule has 1 amide bonds. The first-order valence-corrected chi connectivity index (χ1v) is 7.91. The van der Waals surface area contributed by atoms with E-state index in [0.29, 0.717) is 24.9 Å². The summed E-state index contributed by atoms with van der Waals surface area (Å²) in [7, 11) is 0. The molecule has 0 aromatic heterocycles. The van der Waals surface area contributed by atoms with Crippen LogP contribution in [0.5, 0.6) is 0 Å². The standard InChI is InChI=1S/C18H22N2O4/c1-18(2,3)24-17(23)20-11-12(9-15(20)16(21)22)8-13-6-4-5-7-14(13)10-19/h4-7,12,15H,8-9,11H2,1-3H3,(H,21,22)/t12?,15-/m0/s1. The van der Waals surface area contributed by atoms with E-state index in [9.17, 15) is 20.0 Å². The van der Waals surface area contributed by atoms with Gasteiger partial charge in [0.1, 0.15) is 11.6 Å². The number of nitrogens with zero attached hydrogens (tertiary/aromatic N) is 2. The summed E-state index contributed by atoms with van der Waals surface area (Å²) in [4.78, 5) is 25.1. The highest BCUT2D eigenvalue weighted by Crippen LogP contribution is 2.29. The van der Waals surface area contributed by atoms with Crippen LogP contribution in [0.1, 0.15) is 38.3 Å². The fourth-order valence-corrected chi connectivity index (χ4v) is 2.95. The summed E-state index contributed by atoms with van der Waals surface area (Å²) in [5.41, 5.74) is 0.784. The fourth-order valence-electron chi connectivity index (χ4n) is 2.95. The number of carbonyl (C=O) groups excluding carboxylic acids is 1. The molecule has 2 rings (SSSR count). The maximum Gasteiger partial charge on any atom is 0.411 e. The van der Waals surface area contributed by atoms with E-state index < -0.39 is 23.7 Å². The Morgan fingerprint density at radius 3 is 2.62 bits per heavy atom. The number of amides is 1. The average Bonchev–Trinajstić information content (AvgIpc) is 2.90. The summed E-state index contributed by atoms with van der Waals surface area (Å²) in [5.74, 6) is -1.05. The largest absolute Gasteiger partial charge is 0.480 e. The van der Waals surface area contributed by atoms with Crippen molar-refractivity contribution >= 4 is 12.1 Å². The van der Waals surface area contributed by atoms with Crippen molar-refractivity contribution in [1.29, 1.82) is 5.26 Å². The van der Waals surface area contributed by atoms with Crippen LogP contribution in [0.3, 0.4) is 0 Å². The molecule has 6 nitrogen and oxygen atoms in total. The van der Waals surface area contributed by atoms with Gasteiger partial charge in [-0.15, -0.1) is 0 Å². The Morgan fingerprint density at radius 2 is 2.04 bits per heavy atom. The number of likely N-dealkylation sites (tertiary alicyclic amines) is 1. The molecular formula is C18H22N2O4. The van der Waals surface area contributed by atoms with Gasteiger partial charge < -0.3 is 9.84 Å². The van der Waals surface area contributed by atoms with Gasteiger partial charge in [0.05, 0.1) is 11.6 Å². The molecule has 1 aliphatic heterocycles. The van der Waals surface area contributed by atoms with Crippen LogP contribution >= 0.6 is 0 Å². The number of ether oxygens (including phenoxy) is 1. The highest BCUT2D eigenvalue weighted by atomic mass is 16.6. The second-order valence-electron chi connectivity index (χ2n) is 7.06. The molecule has 1 N–H and O–H groups in total. The maximum atomic E-state index is 12.3. The number of carboxylic acid groups (broad SMARTS) is 1. The number of rotatable bonds is 3. The summed E-state index contributed by atoms with van der Waals surface area (Å²) in [6.07, 6.45) is 0.312. The number of aliphatic carboxylic acids is 1. The molecule has 0 bridgehead atoms. The van der Waals surface area contributed by atoms with Crippen LogP contribution in [0, 0.1) is 17.2 Å². The molecule has 0 aliphatic carbocycles. The van der Waals surface area contributed by atoms with Crippen LogP contribution in [-0.4, -0.2) is 40.3 Å². The second-order valence-corrected chi connectivity index (χ2v) is 7.06. The van der Waals surface area contributed by atoms with Crippen LogP contribution in [0.25, 0.3) is 0 Å². The van der Waals surface area contributed by atoms with E-state index in [1.54, 1.807) is 32.9 Å². The average molecular weight is 330 g/mol. The minimum atomic E-state index is -1.03. The van der Waals surface area contributed by atoms with Crippen LogP contribution in [-0.2, 0) is 16.0 Å². The molecule has 1 aromatic carbocycles. The first kappa shape index (κ1) is 17.8. The molecule has 24 heavy (non-hydrogen) atoms. The molecule has 0 radical (unpaired) electrons. The second kappa shape index (κ2) is 6.91. The lowest BCUT2D eigenvalue weighted by Crippen LogP contribution is -2.43. The van der Waals surface area contributed by atoms with Crippen LogP contribution < -0.4 is 0 Å². The Bertz CT molecular complexity index is 672. The van der Waals surface area contributed by atoms with E-state index >= 15 is 0 Å². The van der Waals surface area contributed by atoms with E-state index in [1.807, 2.05) is 12.1 Å². The minimum absolute atomic E-state index is 0.0203. The molecule has 6 heteroatoms. The van der Waals surface area contributed by atoms with Crippen molar-refractivity contribution in [2.75, 3.05) is 6.54 Å². The normalized spacial score (nSPS) is 20.5. The molecule has 1 fully saturated rings. The molecule has 0 spiro atoms. The van der Waals surface area contributed by atoms with E-state index in [4.69, 9.17) is 4.74 Å². The summed E-state index contributed by atoms with van der Waals surface area (Å²) in [6.45, 7) is 5.55. The number of nitriles is 1. The Morgan fingerprint density at radius 1 is 1.38 bits per heavy atom. The lowest BCUT2D eigenvalue weighted by Gasteiger charge is -2.26. The highest BCUT2D eigenvalue weighted by molar-refractivity contribution is 5.81. The van der Waals surface area contributed by atoms with Gasteiger partial charge in [-0.25, -0.2) is 9.59 Å². The lowest BCUT2D eigenvalue weighted by molar-refractivity contribution is -0.142. The van der Waals surface area contributed by atoms with Gasteiger partial charge in [-0.2, -0.15) is 5.26 Å². The van der Waals surface area contributed by atoms with Gasteiger partial charge in [-0.05, 0) is 51.2 Å². The van der Waals surface area contributed by atoms with Crippen LogP contribution in [0.2, 0.25) is 0 Å². The molecule has 1 aromatic rings. The molecule has 1 heterocycles. The zero-order chi connectivity index (χ0) is 17.9. The molecule has 2 atom stereocenters. The minimum Gasteiger partial charge on any atom is -0.480 e. The SMILES string of the molecule is CC(C)(C)OC(=O)N1CC(Cc2ccccc2C#N)C[C@H]1C(=O)O. The zero-order valence-corrected chi connectivity index (χ0v) is 14.2. The first-order valence-electron chi connectivity index (χ1n) is 7.91. The Labute approximate surface area is 141 Å². The van der Waals surface area contributed by atoms with Crippen molar-refractivity contribution in [2.24, 2.45) is 5.92 Å². The van der Waals surface area contributed by atoms with Gasteiger partial charge in [0.15, 0.2) is 0 Å². The van der Waals surface area contributed by atoms with Crippen LogP contribution in [0.15, 0.2) is 24.3 Å². The van der Waals surface area contributed by atoms with E-state index in [-0.39, 0.29) is 5.92 Å². The number of carboxylic acids is 1.